The van der Waals surface area contributed by atoms with Crippen LogP contribution in [0, 0.1) is 6.92 Å². The molecule has 3 heterocycles. The Morgan fingerprint density at radius 3 is 2.65 bits per heavy atom. The number of tetrazole rings is 1. The summed E-state index contributed by atoms with van der Waals surface area (Å²) in [6.07, 6.45) is 0. The second-order valence-corrected chi connectivity index (χ2v) is 8.47. The van der Waals surface area contributed by atoms with Crippen LogP contribution in [0.15, 0.2) is 73.8 Å². The number of hydrogen-bond acceptors (Lipinski definition) is 8. The fourth-order valence-corrected chi connectivity index (χ4v) is 4.67. The van der Waals surface area contributed by atoms with E-state index in [9.17, 15) is 9.59 Å². The van der Waals surface area contributed by atoms with Gasteiger partial charge in [0.15, 0.2) is 5.69 Å². The predicted octanol–water partition coefficient (Wildman–Crippen LogP) is 2.87. The van der Waals surface area contributed by atoms with Crippen LogP contribution < -0.4 is 15.9 Å². The van der Waals surface area contributed by atoms with Gasteiger partial charge in [-0.2, -0.15) is 4.68 Å². The molecule has 34 heavy (non-hydrogen) atoms. The highest BCUT2D eigenvalue weighted by atomic mass is 32.2. The van der Waals surface area contributed by atoms with E-state index in [-0.39, 0.29) is 5.56 Å². The van der Waals surface area contributed by atoms with Crippen LogP contribution in [-0.4, -0.2) is 36.7 Å². The van der Waals surface area contributed by atoms with Gasteiger partial charge in [-0.1, -0.05) is 30.0 Å². The highest BCUT2D eigenvalue weighted by molar-refractivity contribution is 7.98. The lowest BCUT2D eigenvalue weighted by molar-refractivity contribution is 0.414. The molecule has 0 unspecified atom stereocenters. The molecule has 0 aliphatic heterocycles. The van der Waals surface area contributed by atoms with Crippen molar-refractivity contribution in [1.82, 2.24) is 29.6 Å². The first kappa shape index (κ1) is 21.7. The minimum Gasteiger partial charge on any atom is -0.497 e. The monoisotopic (exact) mass is 476 g/mol. The number of nitrogens with zero attached hydrogens (tertiary/aromatic N) is 6. The van der Waals surface area contributed by atoms with Crippen molar-refractivity contribution < 1.29 is 9.15 Å². The van der Waals surface area contributed by atoms with Crippen molar-refractivity contribution in [1.29, 1.82) is 0 Å². The largest absolute Gasteiger partial charge is 0.497 e. The van der Waals surface area contributed by atoms with Crippen LogP contribution in [0.4, 0.5) is 0 Å². The summed E-state index contributed by atoms with van der Waals surface area (Å²) in [6.45, 7) is 1.84. The molecule has 0 atom stereocenters. The van der Waals surface area contributed by atoms with E-state index in [1.807, 2.05) is 50.4 Å². The number of methoxy groups -OCH3 is 1. The van der Waals surface area contributed by atoms with E-state index in [1.165, 1.54) is 22.5 Å². The van der Waals surface area contributed by atoms with Crippen LogP contribution in [0.25, 0.3) is 22.3 Å². The van der Waals surface area contributed by atoms with Crippen molar-refractivity contribution in [3.8, 4) is 17.1 Å². The highest BCUT2D eigenvalue weighted by Crippen LogP contribution is 2.28. The second kappa shape index (κ2) is 8.67. The molecule has 0 fully saturated rings. The molecule has 5 aromatic rings. The summed E-state index contributed by atoms with van der Waals surface area (Å²) in [5, 5.41) is 13.2. The standard InChI is InChI=1S/C23H20N6O4S/c1-14-21(22(31)29(27(14)2)16-7-5-4-6-8-16)28-23(24-25-26-28)34-13-15-11-20(30)33-19-12-17(32-3)9-10-18(15)19/h4-12H,13H2,1-3H3. The number of aromatic nitrogens is 6. The molecular weight excluding hydrogens is 456 g/mol. The van der Waals surface area contributed by atoms with Crippen molar-refractivity contribution in [3.05, 3.63) is 86.6 Å². The molecule has 0 bridgehead atoms. The first-order valence-corrected chi connectivity index (χ1v) is 11.3. The molecule has 0 saturated carbocycles. The Morgan fingerprint density at radius 2 is 1.88 bits per heavy atom. The molecule has 172 valence electrons. The van der Waals surface area contributed by atoms with E-state index in [0.717, 1.165) is 16.6 Å². The lowest BCUT2D eigenvalue weighted by atomic mass is 10.1. The van der Waals surface area contributed by atoms with Crippen LogP contribution in [0.2, 0.25) is 0 Å². The molecule has 3 aromatic heterocycles. The Labute approximate surface area is 197 Å². The maximum absolute atomic E-state index is 13.4. The Bertz CT molecular complexity index is 1620. The number of hydrogen-bond donors (Lipinski definition) is 0. The minimum absolute atomic E-state index is 0.238. The average molecular weight is 477 g/mol. The number of thioether (sulfide) groups is 1. The van der Waals surface area contributed by atoms with Crippen LogP contribution >= 0.6 is 11.8 Å². The fraction of sp³-hybridized carbons (Fsp3) is 0.174. The molecule has 11 heteroatoms. The van der Waals surface area contributed by atoms with Gasteiger partial charge in [0.1, 0.15) is 11.3 Å². The SMILES string of the molecule is COc1ccc2c(CSc3nnnn3-c3c(C)n(C)n(-c4ccccc4)c3=O)cc(=O)oc2c1. The van der Waals surface area contributed by atoms with E-state index in [4.69, 9.17) is 9.15 Å². The van der Waals surface area contributed by atoms with Gasteiger partial charge in [-0.3, -0.25) is 9.48 Å². The molecule has 5 rings (SSSR count). The topological polar surface area (TPSA) is 110 Å². The van der Waals surface area contributed by atoms with Gasteiger partial charge < -0.3 is 9.15 Å². The van der Waals surface area contributed by atoms with Crippen LogP contribution in [-0.2, 0) is 12.8 Å². The molecule has 0 N–H and O–H groups in total. The van der Waals surface area contributed by atoms with Crippen LogP contribution in [0.5, 0.6) is 5.75 Å². The first-order chi connectivity index (χ1) is 16.5. The molecule has 0 aliphatic rings. The maximum Gasteiger partial charge on any atom is 0.336 e. The van der Waals surface area contributed by atoms with Gasteiger partial charge >= 0.3 is 5.63 Å². The Kier molecular flexibility index (Phi) is 5.54. The first-order valence-electron chi connectivity index (χ1n) is 10.3. The Balaban J connectivity index is 1.52. The van der Waals surface area contributed by atoms with Crippen molar-refractivity contribution in [2.75, 3.05) is 7.11 Å². The van der Waals surface area contributed by atoms with Gasteiger partial charge in [0.2, 0.25) is 5.16 Å². The van der Waals surface area contributed by atoms with Gasteiger partial charge in [-0.05, 0) is 47.2 Å². The fourth-order valence-electron chi connectivity index (χ4n) is 3.81. The van der Waals surface area contributed by atoms with Gasteiger partial charge in [-0.15, -0.1) is 5.10 Å². The number of rotatable bonds is 6. The summed E-state index contributed by atoms with van der Waals surface area (Å²) in [4.78, 5) is 25.5. The predicted molar refractivity (Wildman–Crippen MR) is 127 cm³/mol. The van der Waals surface area contributed by atoms with Crippen molar-refractivity contribution in [2.24, 2.45) is 7.05 Å². The molecular formula is C23H20N6O4S. The highest BCUT2D eigenvalue weighted by Gasteiger charge is 2.22. The number of fused-ring (bicyclic) bond motifs is 1. The summed E-state index contributed by atoms with van der Waals surface area (Å²) in [5.41, 5.74) is 2.32. The third-order valence-corrected chi connectivity index (χ3v) is 6.54. The maximum atomic E-state index is 13.4. The number of para-hydroxylation sites is 1. The molecule has 0 aliphatic carbocycles. The molecule has 0 amide bonds. The Morgan fingerprint density at radius 1 is 1.09 bits per heavy atom. The minimum atomic E-state index is -0.458. The zero-order chi connectivity index (χ0) is 23.8. The quantitative estimate of drug-likeness (QED) is 0.272. The van der Waals surface area contributed by atoms with Crippen molar-refractivity contribution >= 4 is 22.7 Å². The molecule has 0 radical (unpaired) electrons. The van der Waals surface area contributed by atoms with Crippen molar-refractivity contribution in [2.45, 2.75) is 17.8 Å². The van der Waals surface area contributed by atoms with Crippen LogP contribution in [0.3, 0.4) is 0 Å². The lowest BCUT2D eigenvalue weighted by Gasteiger charge is -2.07. The van der Waals surface area contributed by atoms with Crippen molar-refractivity contribution in [3.63, 3.8) is 0 Å². The van der Waals surface area contributed by atoms with Gasteiger partial charge in [0, 0.05) is 30.3 Å². The number of benzene rings is 2. The van der Waals surface area contributed by atoms with Gasteiger partial charge in [-0.25, -0.2) is 9.48 Å². The summed E-state index contributed by atoms with van der Waals surface area (Å²) in [5.74, 6) is 0.992. The van der Waals surface area contributed by atoms with Gasteiger partial charge in [0.25, 0.3) is 5.56 Å². The summed E-state index contributed by atoms with van der Waals surface area (Å²) in [6, 6.07) is 16.1. The molecule has 0 saturated heterocycles. The molecule has 0 spiro atoms. The Hall–Kier alpha value is -4.12. The van der Waals surface area contributed by atoms with Crippen LogP contribution in [0.1, 0.15) is 11.3 Å². The zero-order valence-electron chi connectivity index (χ0n) is 18.6. The normalized spacial score (nSPS) is 11.3. The average Bonchev–Trinajstić information content (AvgIpc) is 3.38. The van der Waals surface area contributed by atoms with E-state index in [1.54, 1.807) is 28.6 Å². The summed E-state index contributed by atoms with van der Waals surface area (Å²) >= 11 is 1.32. The van der Waals surface area contributed by atoms with Gasteiger partial charge in [0.05, 0.1) is 18.5 Å². The number of ether oxygens (including phenoxy) is 1. The summed E-state index contributed by atoms with van der Waals surface area (Å²) in [7, 11) is 3.37. The van der Waals surface area contributed by atoms with E-state index < -0.39 is 5.63 Å². The molecule has 2 aromatic carbocycles. The van der Waals surface area contributed by atoms with E-state index >= 15 is 0 Å². The third-order valence-electron chi connectivity index (χ3n) is 5.57. The lowest BCUT2D eigenvalue weighted by Crippen LogP contribution is -2.22. The zero-order valence-corrected chi connectivity index (χ0v) is 19.4. The summed E-state index contributed by atoms with van der Waals surface area (Å²) < 4.78 is 15.3. The second-order valence-electron chi connectivity index (χ2n) is 7.52. The third kappa shape index (κ3) is 3.69. The smallest absolute Gasteiger partial charge is 0.336 e. The van der Waals surface area contributed by atoms with E-state index in [2.05, 4.69) is 15.5 Å². The van der Waals surface area contributed by atoms with E-state index in [0.29, 0.717) is 33.6 Å². The molecule has 10 nitrogen and oxygen atoms in total.